The van der Waals surface area contributed by atoms with E-state index in [1.54, 1.807) is 0 Å². The van der Waals surface area contributed by atoms with Crippen LogP contribution in [-0.2, 0) is 4.79 Å². The predicted octanol–water partition coefficient (Wildman–Crippen LogP) is 3.51. The maximum atomic E-state index is 11.9. The molecule has 20 heavy (non-hydrogen) atoms. The number of rotatable bonds is 4. The summed E-state index contributed by atoms with van der Waals surface area (Å²) in [5, 5.41) is 5.88. The molecule has 0 aliphatic heterocycles. The molecule has 2 rings (SSSR count). The van der Waals surface area contributed by atoms with Crippen molar-refractivity contribution in [1.82, 2.24) is 4.98 Å². The van der Waals surface area contributed by atoms with E-state index in [9.17, 15) is 4.79 Å². The Balaban J connectivity index is 1.92. The van der Waals surface area contributed by atoms with E-state index in [0.717, 1.165) is 21.4 Å². The van der Waals surface area contributed by atoms with Gasteiger partial charge in [0.1, 0.15) is 5.82 Å². The number of anilines is 2. The highest BCUT2D eigenvalue weighted by atomic mass is 79.9. The molecule has 104 valence electrons. The van der Waals surface area contributed by atoms with Crippen LogP contribution >= 0.6 is 15.9 Å². The summed E-state index contributed by atoms with van der Waals surface area (Å²) in [7, 11) is 0. The Kier molecular flexibility index (Phi) is 4.74. The van der Waals surface area contributed by atoms with Gasteiger partial charge in [-0.15, -0.1) is 0 Å². The van der Waals surface area contributed by atoms with Gasteiger partial charge >= 0.3 is 0 Å². The zero-order valence-corrected chi connectivity index (χ0v) is 13.0. The molecule has 0 spiro atoms. The van der Waals surface area contributed by atoms with Crippen LogP contribution in [0.5, 0.6) is 0 Å². The van der Waals surface area contributed by atoms with Crippen molar-refractivity contribution in [3.8, 4) is 0 Å². The monoisotopic (exact) mass is 333 g/mol. The molecule has 1 amide bonds. The highest BCUT2D eigenvalue weighted by molar-refractivity contribution is 9.10. The Labute approximate surface area is 126 Å². The average molecular weight is 334 g/mol. The molecule has 5 heteroatoms. The fourth-order valence-corrected chi connectivity index (χ4v) is 2.25. The lowest BCUT2D eigenvalue weighted by Crippen LogP contribution is -2.22. The summed E-state index contributed by atoms with van der Waals surface area (Å²) in [6.45, 7) is 4.05. The van der Waals surface area contributed by atoms with Crippen LogP contribution in [0, 0.1) is 13.8 Å². The molecule has 0 atom stereocenters. The summed E-state index contributed by atoms with van der Waals surface area (Å²) in [5.41, 5.74) is 2.75. The summed E-state index contributed by atoms with van der Waals surface area (Å²) in [6.07, 6.45) is 0. The molecule has 0 fully saturated rings. The van der Waals surface area contributed by atoms with Crippen LogP contribution in [0.1, 0.15) is 11.3 Å². The molecule has 0 unspecified atom stereocenters. The van der Waals surface area contributed by atoms with Gasteiger partial charge in [0.2, 0.25) is 5.91 Å². The molecule has 0 radical (unpaired) electrons. The van der Waals surface area contributed by atoms with Crippen LogP contribution in [0.15, 0.2) is 40.9 Å². The van der Waals surface area contributed by atoms with Gasteiger partial charge in [-0.3, -0.25) is 4.79 Å². The molecular formula is C15H16BrN3O. The summed E-state index contributed by atoms with van der Waals surface area (Å²) in [6, 6.07) is 11.4. The first kappa shape index (κ1) is 14.5. The van der Waals surface area contributed by atoms with Gasteiger partial charge in [-0.05, 0) is 49.7 Å². The van der Waals surface area contributed by atoms with E-state index in [4.69, 9.17) is 0 Å². The number of halogens is 1. The van der Waals surface area contributed by atoms with Gasteiger partial charge in [0.05, 0.1) is 6.54 Å². The highest BCUT2D eigenvalue weighted by Crippen LogP contribution is 2.19. The summed E-state index contributed by atoms with van der Waals surface area (Å²) in [4.78, 5) is 16.2. The van der Waals surface area contributed by atoms with E-state index in [1.807, 2.05) is 50.2 Å². The van der Waals surface area contributed by atoms with E-state index >= 15 is 0 Å². The van der Waals surface area contributed by atoms with Gasteiger partial charge in [-0.1, -0.05) is 22.0 Å². The Morgan fingerprint density at radius 1 is 1.25 bits per heavy atom. The van der Waals surface area contributed by atoms with Crippen molar-refractivity contribution >= 4 is 33.3 Å². The first-order valence-electron chi connectivity index (χ1n) is 6.28. The molecule has 0 bridgehead atoms. The van der Waals surface area contributed by atoms with Crippen LogP contribution in [-0.4, -0.2) is 17.4 Å². The fourth-order valence-electron chi connectivity index (χ4n) is 1.77. The van der Waals surface area contributed by atoms with Crippen molar-refractivity contribution in [2.75, 3.05) is 17.2 Å². The summed E-state index contributed by atoms with van der Waals surface area (Å²) in [5.74, 6) is 0.603. The quantitative estimate of drug-likeness (QED) is 0.900. The largest absolute Gasteiger partial charge is 0.361 e. The van der Waals surface area contributed by atoms with E-state index < -0.39 is 0 Å². The lowest BCUT2D eigenvalue weighted by atomic mass is 10.2. The Morgan fingerprint density at radius 3 is 2.75 bits per heavy atom. The lowest BCUT2D eigenvalue weighted by molar-refractivity contribution is -0.114. The second-order valence-corrected chi connectivity index (χ2v) is 5.44. The van der Waals surface area contributed by atoms with Crippen molar-refractivity contribution in [2.45, 2.75) is 13.8 Å². The minimum absolute atomic E-state index is 0.0984. The van der Waals surface area contributed by atoms with Crippen LogP contribution in [0.4, 0.5) is 11.5 Å². The Hall–Kier alpha value is -1.88. The van der Waals surface area contributed by atoms with E-state index in [0.29, 0.717) is 5.82 Å². The number of pyridine rings is 1. The number of nitrogens with zero attached hydrogens (tertiary/aromatic N) is 1. The van der Waals surface area contributed by atoms with E-state index in [1.165, 1.54) is 0 Å². The average Bonchev–Trinajstić information content (AvgIpc) is 2.40. The molecule has 2 aromatic rings. The van der Waals surface area contributed by atoms with Crippen LogP contribution in [0.3, 0.4) is 0 Å². The summed E-state index contributed by atoms with van der Waals surface area (Å²) < 4.78 is 0.995. The van der Waals surface area contributed by atoms with E-state index in [2.05, 4.69) is 31.5 Å². The topological polar surface area (TPSA) is 54.0 Å². The molecular weight excluding hydrogens is 318 g/mol. The number of hydrogen-bond donors (Lipinski definition) is 2. The standard InChI is InChI=1S/C15H16BrN3O/c1-10-8-12(16)6-7-13(10)19-15(20)9-17-14-5-3-4-11(2)18-14/h3-8H,9H2,1-2H3,(H,17,18)(H,19,20). The number of benzene rings is 1. The van der Waals surface area contributed by atoms with Crippen molar-refractivity contribution in [3.63, 3.8) is 0 Å². The third kappa shape index (κ3) is 4.06. The van der Waals surface area contributed by atoms with Gasteiger partial charge in [-0.2, -0.15) is 0 Å². The Morgan fingerprint density at radius 2 is 2.05 bits per heavy atom. The second-order valence-electron chi connectivity index (χ2n) is 4.53. The van der Waals surface area contributed by atoms with E-state index in [-0.39, 0.29) is 12.5 Å². The molecule has 4 nitrogen and oxygen atoms in total. The third-order valence-electron chi connectivity index (χ3n) is 2.78. The summed E-state index contributed by atoms with van der Waals surface area (Å²) >= 11 is 3.40. The molecule has 1 heterocycles. The maximum Gasteiger partial charge on any atom is 0.243 e. The highest BCUT2D eigenvalue weighted by Gasteiger charge is 2.05. The van der Waals surface area contributed by atoms with Gasteiger partial charge in [-0.25, -0.2) is 4.98 Å². The zero-order chi connectivity index (χ0) is 14.5. The number of nitrogens with one attached hydrogen (secondary N) is 2. The molecule has 0 saturated heterocycles. The normalized spacial score (nSPS) is 10.2. The van der Waals surface area contributed by atoms with Crippen LogP contribution in [0.2, 0.25) is 0 Å². The lowest BCUT2D eigenvalue weighted by Gasteiger charge is -2.10. The Bertz CT molecular complexity index is 628. The minimum atomic E-state index is -0.0984. The number of aromatic nitrogens is 1. The van der Waals surface area contributed by atoms with Gasteiger partial charge < -0.3 is 10.6 Å². The maximum absolute atomic E-state index is 11.9. The van der Waals surface area contributed by atoms with Crippen LogP contribution in [0.25, 0.3) is 0 Å². The smallest absolute Gasteiger partial charge is 0.243 e. The number of hydrogen-bond acceptors (Lipinski definition) is 3. The molecule has 0 aliphatic rings. The van der Waals surface area contributed by atoms with Crippen molar-refractivity contribution in [3.05, 3.63) is 52.1 Å². The molecule has 0 aliphatic carbocycles. The van der Waals surface area contributed by atoms with Crippen molar-refractivity contribution < 1.29 is 4.79 Å². The van der Waals surface area contributed by atoms with Gasteiger partial charge in [0, 0.05) is 15.9 Å². The number of amides is 1. The van der Waals surface area contributed by atoms with Crippen LogP contribution < -0.4 is 10.6 Å². The number of carbonyl (C=O) groups is 1. The zero-order valence-electron chi connectivity index (χ0n) is 11.4. The molecule has 0 saturated carbocycles. The van der Waals surface area contributed by atoms with Crippen molar-refractivity contribution in [1.29, 1.82) is 0 Å². The molecule has 2 N–H and O–H groups in total. The third-order valence-corrected chi connectivity index (χ3v) is 3.27. The minimum Gasteiger partial charge on any atom is -0.361 e. The first-order chi connectivity index (χ1) is 9.54. The molecule has 1 aromatic heterocycles. The van der Waals surface area contributed by atoms with Gasteiger partial charge in [0.25, 0.3) is 0 Å². The fraction of sp³-hybridized carbons (Fsp3) is 0.200. The van der Waals surface area contributed by atoms with Gasteiger partial charge in [0.15, 0.2) is 0 Å². The number of carbonyl (C=O) groups excluding carboxylic acids is 1. The number of aryl methyl sites for hydroxylation is 2. The predicted molar refractivity (Wildman–Crippen MR) is 85.0 cm³/mol. The SMILES string of the molecule is Cc1cccc(NCC(=O)Nc2ccc(Br)cc2C)n1. The first-order valence-corrected chi connectivity index (χ1v) is 7.07. The molecule has 1 aromatic carbocycles. The second kappa shape index (κ2) is 6.52. The van der Waals surface area contributed by atoms with Crippen molar-refractivity contribution in [2.24, 2.45) is 0 Å².